The average molecular weight is 331 g/mol. The molecule has 6 nitrogen and oxygen atoms in total. The van der Waals surface area contributed by atoms with E-state index in [2.05, 4.69) is 0 Å². The van der Waals surface area contributed by atoms with Gasteiger partial charge < -0.3 is 9.84 Å². The highest BCUT2D eigenvalue weighted by Crippen LogP contribution is 2.31. The first-order valence-electron chi connectivity index (χ1n) is 6.35. The molecule has 0 aliphatic carbocycles. The van der Waals surface area contributed by atoms with Crippen molar-refractivity contribution in [1.29, 1.82) is 0 Å². The highest BCUT2D eigenvalue weighted by molar-refractivity contribution is 7.99. The summed E-state index contributed by atoms with van der Waals surface area (Å²) in [6.45, 7) is 0. The molecule has 0 radical (unpaired) electrons. The topological polar surface area (TPSA) is 83.9 Å². The van der Waals surface area contributed by atoms with Gasteiger partial charge >= 0.3 is 5.97 Å². The fraction of sp³-hybridized carbons (Fsp3) is 0.462. The summed E-state index contributed by atoms with van der Waals surface area (Å²) < 4.78 is 31.8. The molecule has 2 rings (SSSR count). The van der Waals surface area contributed by atoms with Crippen LogP contribution in [0.3, 0.4) is 0 Å². The summed E-state index contributed by atoms with van der Waals surface area (Å²) in [7, 11) is -0.829. The van der Waals surface area contributed by atoms with Gasteiger partial charge in [0.05, 0.1) is 12.7 Å². The molecule has 8 heteroatoms. The SMILES string of the molecule is COc1cc(C(=O)O)ccc1S(=O)(=O)N(C)C1CCSC1. The molecule has 21 heavy (non-hydrogen) atoms. The van der Waals surface area contributed by atoms with Crippen LogP contribution in [0.15, 0.2) is 23.1 Å². The number of hydrogen-bond acceptors (Lipinski definition) is 5. The molecule has 1 aromatic carbocycles. The second kappa shape index (κ2) is 6.25. The number of carboxylic acids is 1. The van der Waals surface area contributed by atoms with Crippen LogP contribution in [0, 0.1) is 0 Å². The summed E-state index contributed by atoms with van der Waals surface area (Å²) in [5.74, 6) is 0.635. The lowest BCUT2D eigenvalue weighted by molar-refractivity contribution is 0.0696. The van der Waals surface area contributed by atoms with Crippen molar-refractivity contribution in [3.63, 3.8) is 0 Å². The van der Waals surface area contributed by atoms with Crippen LogP contribution >= 0.6 is 11.8 Å². The van der Waals surface area contributed by atoms with Gasteiger partial charge in [-0.2, -0.15) is 16.1 Å². The third kappa shape index (κ3) is 3.17. The molecule has 116 valence electrons. The van der Waals surface area contributed by atoms with E-state index in [0.29, 0.717) is 0 Å². The van der Waals surface area contributed by atoms with Crippen molar-refractivity contribution in [2.24, 2.45) is 0 Å². The molecule has 1 aromatic rings. The fourth-order valence-corrected chi connectivity index (χ4v) is 5.06. The average Bonchev–Trinajstić information content (AvgIpc) is 2.99. The van der Waals surface area contributed by atoms with Crippen molar-refractivity contribution in [2.75, 3.05) is 25.7 Å². The number of nitrogens with zero attached hydrogens (tertiary/aromatic N) is 1. The number of thioether (sulfide) groups is 1. The van der Waals surface area contributed by atoms with Crippen LogP contribution in [-0.2, 0) is 10.0 Å². The molecule has 0 saturated carbocycles. The number of carbonyl (C=O) groups is 1. The Morgan fingerprint density at radius 1 is 1.48 bits per heavy atom. The second-order valence-electron chi connectivity index (χ2n) is 4.71. The van der Waals surface area contributed by atoms with Gasteiger partial charge in [-0.3, -0.25) is 0 Å². The van der Waals surface area contributed by atoms with Crippen molar-refractivity contribution < 1.29 is 23.1 Å². The van der Waals surface area contributed by atoms with Crippen LogP contribution in [0.25, 0.3) is 0 Å². The largest absolute Gasteiger partial charge is 0.495 e. The Morgan fingerprint density at radius 3 is 2.71 bits per heavy atom. The number of sulfonamides is 1. The number of ether oxygens (including phenoxy) is 1. The van der Waals surface area contributed by atoms with Gasteiger partial charge in [0, 0.05) is 18.8 Å². The second-order valence-corrected chi connectivity index (χ2v) is 7.83. The van der Waals surface area contributed by atoms with E-state index in [-0.39, 0.29) is 22.3 Å². The standard InChI is InChI=1S/C13H17NO5S2/c1-14(10-5-6-20-8-10)21(17,18)12-4-3-9(13(15)16)7-11(12)19-2/h3-4,7,10H,5-6,8H2,1-2H3,(H,15,16). The number of benzene rings is 1. The first-order valence-corrected chi connectivity index (χ1v) is 8.94. The molecule has 1 unspecified atom stereocenters. The predicted octanol–water partition coefficient (Wildman–Crippen LogP) is 1.52. The first kappa shape index (κ1) is 16.1. The summed E-state index contributed by atoms with van der Waals surface area (Å²) in [5.41, 5.74) is -0.00937. The number of rotatable bonds is 5. The van der Waals surface area contributed by atoms with E-state index in [0.717, 1.165) is 17.9 Å². The molecule has 1 aliphatic heterocycles. The lowest BCUT2D eigenvalue weighted by Gasteiger charge is -2.24. The molecular weight excluding hydrogens is 314 g/mol. The van der Waals surface area contributed by atoms with Gasteiger partial charge in [0.1, 0.15) is 10.6 Å². The lowest BCUT2D eigenvalue weighted by Crippen LogP contribution is -2.37. The first-order chi connectivity index (χ1) is 9.87. The van der Waals surface area contributed by atoms with Crippen molar-refractivity contribution in [3.05, 3.63) is 23.8 Å². The molecule has 1 heterocycles. The third-order valence-corrected chi connectivity index (χ3v) is 6.58. The molecule has 0 amide bonds. The van der Waals surface area contributed by atoms with Gasteiger partial charge in [0.2, 0.25) is 10.0 Å². The highest BCUT2D eigenvalue weighted by atomic mass is 32.2. The zero-order chi connectivity index (χ0) is 15.6. The molecule has 1 atom stereocenters. The lowest BCUT2D eigenvalue weighted by atomic mass is 10.2. The number of aromatic carboxylic acids is 1. The van der Waals surface area contributed by atoms with Crippen molar-refractivity contribution in [3.8, 4) is 5.75 Å². The Morgan fingerprint density at radius 2 is 2.19 bits per heavy atom. The van der Waals surface area contributed by atoms with Crippen LogP contribution in [0.4, 0.5) is 0 Å². The van der Waals surface area contributed by atoms with Crippen molar-refractivity contribution in [2.45, 2.75) is 17.4 Å². The summed E-state index contributed by atoms with van der Waals surface area (Å²) in [6, 6.07) is 3.75. The Kier molecular flexibility index (Phi) is 4.80. The summed E-state index contributed by atoms with van der Waals surface area (Å²) in [4.78, 5) is 10.9. The van der Waals surface area contributed by atoms with Crippen LogP contribution < -0.4 is 4.74 Å². The maximum absolute atomic E-state index is 12.7. The summed E-state index contributed by atoms with van der Waals surface area (Å²) in [5, 5.41) is 8.96. The van der Waals surface area contributed by atoms with E-state index in [4.69, 9.17) is 9.84 Å². The molecule has 0 bridgehead atoms. The van der Waals surface area contributed by atoms with Gasteiger partial charge in [-0.25, -0.2) is 13.2 Å². The fourth-order valence-electron chi connectivity index (χ4n) is 2.17. The molecule has 1 saturated heterocycles. The quantitative estimate of drug-likeness (QED) is 0.881. The Balaban J connectivity index is 2.41. The maximum atomic E-state index is 12.7. The van der Waals surface area contributed by atoms with E-state index in [1.165, 1.54) is 29.6 Å². The molecule has 1 fully saturated rings. The zero-order valence-electron chi connectivity index (χ0n) is 11.8. The number of carboxylic acid groups (broad SMARTS) is 1. The van der Waals surface area contributed by atoms with E-state index < -0.39 is 16.0 Å². The zero-order valence-corrected chi connectivity index (χ0v) is 13.4. The third-order valence-electron chi connectivity index (χ3n) is 3.49. The summed E-state index contributed by atoms with van der Waals surface area (Å²) >= 11 is 1.72. The van der Waals surface area contributed by atoms with E-state index >= 15 is 0 Å². The van der Waals surface area contributed by atoms with Crippen molar-refractivity contribution in [1.82, 2.24) is 4.31 Å². The minimum Gasteiger partial charge on any atom is -0.495 e. The molecular formula is C13H17NO5S2. The minimum absolute atomic E-state index is 0.00519. The Bertz CT molecular complexity index is 638. The Hall–Kier alpha value is -1.25. The van der Waals surface area contributed by atoms with Gasteiger partial charge in [0.15, 0.2) is 0 Å². The van der Waals surface area contributed by atoms with Crippen LogP contribution in [-0.4, -0.2) is 55.5 Å². The minimum atomic E-state index is -3.71. The van der Waals surface area contributed by atoms with E-state index in [1.54, 1.807) is 18.8 Å². The predicted molar refractivity (Wildman–Crippen MR) is 80.6 cm³/mol. The van der Waals surface area contributed by atoms with Crippen LogP contribution in [0.2, 0.25) is 0 Å². The Labute approximate surface area is 128 Å². The summed E-state index contributed by atoms with van der Waals surface area (Å²) in [6.07, 6.45) is 0.815. The molecule has 0 spiro atoms. The number of methoxy groups -OCH3 is 1. The normalized spacial score (nSPS) is 18.9. The monoisotopic (exact) mass is 331 g/mol. The maximum Gasteiger partial charge on any atom is 0.335 e. The molecule has 1 N–H and O–H groups in total. The van der Waals surface area contributed by atoms with Crippen molar-refractivity contribution >= 4 is 27.8 Å². The van der Waals surface area contributed by atoms with Gasteiger partial charge in [0.25, 0.3) is 0 Å². The molecule has 0 aromatic heterocycles. The van der Waals surface area contributed by atoms with Gasteiger partial charge in [-0.05, 0) is 30.4 Å². The van der Waals surface area contributed by atoms with E-state index in [9.17, 15) is 13.2 Å². The van der Waals surface area contributed by atoms with Crippen LogP contribution in [0.1, 0.15) is 16.8 Å². The van der Waals surface area contributed by atoms with Gasteiger partial charge in [-0.1, -0.05) is 0 Å². The van der Waals surface area contributed by atoms with E-state index in [1.807, 2.05) is 0 Å². The smallest absolute Gasteiger partial charge is 0.335 e. The van der Waals surface area contributed by atoms with Crippen LogP contribution in [0.5, 0.6) is 5.75 Å². The highest BCUT2D eigenvalue weighted by Gasteiger charge is 2.32. The van der Waals surface area contributed by atoms with Gasteiger partial charge in [-0.15, -0.1) is 0 Å². The molecule has 1 aliphatic rings. The number of hydrogen-bond donors (Lipinski definition) is 1.